The van der Waals surface area contributed by atoms with Gasteiger partial charge in [0.2, 0.25) is 5.91 Å². The van der Waals surface area contributed by atoms with Crippen molar-refractivity contribution in [2.24, 2.45) is 0 Å². The highest BCUT2D eigenvalue weighted by Crippen LogP contribution is 2.21. The molecule has 3 rings (SSSR count). The fraction of sp³-hybridized carbons (Fsp3) is 0.435. The highest BCUT2D eigenvalue weighted by atomic mass is 16.5. The summed E-state index contributed by atoms with van der Waals surface area (Å²) in [7, 11) is 0. The molecule has 1 heterocycles. The first-order valence-electron chi connectivity index (χ1n) is 10.3. The molecule has 2 N–H and O–H groups in total. The molecule has 0 aromatic heterocycles. The van der Waals surface area contributed by atoms with Crippen molar-refractivity contribution >= 4 is 17.3 Å². The molecule has 2 unspecified atom stereocenters. The molecule has 0 spiro atoms. The molecule has 6 nitrogen and oxygen atoms in total. The third kappa shape index (κ3) is 6.98. The topological polar surface area (TPSA) is 68.8 Å². The van der Waals surface area contributed by atoms with Crippen molar-refractivity contribution < 1.29 is 19.0 Å². The molecule has 0 aliphatic carbocycles. The Bertz CT molecular complexity index is 790. The van der Waals surface area contributed by atoms with Crippen molar-refractivity contribution in [2.45, 2.75) is 45.3 Å². The highest BCUT2D eigenvalue weighted by Gasteiger charge is 2.16. The van der Waals surface area contributed by atoms with E-state index in [-0.39, 0.29) is 24.7 Å². The van der Waals surface area contributed by atoms with Crippen LogP contribution < -0.4 is 20.1 Å². The zero-order valence-corrected chi connectivity index (χ0v) is 17.1. The highest BCUT2D eigenvalue weighted by molar-refractivity contribution is 5.93. The van der Waals surface area contributed by atoms with Gasteiger partial charge in [-0.25, -0.2) is 0 Å². The Balaban J connectivity index is 1.46. The Labute approximate surface area is 172 Å². The molecule has 1 fully saturated rings. The zero-order valence-electron chi connectivity index (χ0n) is 17.1. The second-order valence-corrected chi connectivity index (χ2v) is 7.24. The Morgan fingerprint density at radius 3 is 2.69 bits per heavy atom. The Morgan fingerprint density at radius 1 is 1.17 bits per heavy atom. The molecule has 156 valence electrons. The van der Waals surface area contributed by atoms with Gasteiger partial charge >= 0.3 is 0 Å². The van der Waals surface area contributed by atoms with Crippen LogP contribution in [0.2, 0.25) is 0 Å². The lowest BCUT2D eigenvalue weighted by Gasteiger charge is -2.14. The summed E-state index contributed by atoms with van der Waals surface area (Å²) in [6.07, 6.45) is 3.38. The SMILES string of the molecule is CCC(C)Oc1cccc(NC(=O)CNc2cccc(OCC3CCCO3)c2)c1. The standard InChI is InChI=1S/C23H30N2O4/c1-3-17(2)29-21-10-5-8-19(14-21)25-23(26)15-24-18-7-4-9-20(13-18)28-16-22-11-6-12-27-22/h4-5,7-10,13-14,17,22,24H,3,6,11-12,15-16H2,1-2H3,(H,25,26). The number of anilines is 2. The van der Waals surface area contributed by atoms with Crippen LogP contribution >= 0.6 is 0 Å². The molecule has 1 amide bonds. The minimum Gasteiger partial charge on any atom is -0.491 e. The smallest absolute Gasteiger partial charge is 0.243 e. The lowest BCUT2D eigenvalue weighted by atomic mass is 10.2. The molecule has 1 aliphatic rings. The fourth-order valence-corrected chi connectivity index (χ4v) is 3.01. The minimum atomic E-state index is -0.128. The summed E-state index contributed by atoms with van der Waals surface area (Å²) in [4.78, 5) is 12.3. The lowest BCUT2D eigenvalue weighted by molar-refractivity contribution is -0.114. The molecule has 0 radical (unpaired) electrons. The summed E-state index contributed by atoms with van der Waals surface area (Å²) in [5.41, 5.74) is 1.55. The van der Waals surface area contributed by atoms with Crippen LogP contribution in [0.5, 0.6) is 11.5 Å². The molecule has 2 aromatic rings. The third-order valence-electron chi connectivity index (χ3n) is 4.78. The maximum atomic E-state index is 12.3. The van der Waals surface area contributed by atoms with Gasteiger partial charge in [0.05, 0.1) is 18.8 Å². The van der Waals surface area contributed by atoms with Gasteiger partial charge in [-0.2, -0.15) is 0 Å². The van der Waals surface area contributed by atoms with E-state index in [0.29, 0.717) is 12.3 Å². The van der Waals surface area contributed by atoms with Gasteiger partial charge in [0.25, 0.3) is 0 Å². The average Bonchev–Trinajstić information content (AvgIpc) is 3.25. The van der Waals surface area contributed by atoms with E-state index in [1.165, 1.54) is 0 Å². The summed E-state index contributed by atoms with van der Waals surface area (Å²) >= 11 is 0. The van der Waals surface area contributed by atoms with Crippen molar-refractivity contribution in [3.63, 3.8) is 0 Å². The normalized spacial score (nSPS) is 16.8. The van der Waals surface area contributed by atoms with Crippen LogP contribution in [-0.2, 0) is 9.53 Å². The number of benzene rings is 2. The Morgan fingerprint density at radius 2 is 1.93 bits per heavy atom. The van der Waals surface area contributed by atoms with Crippen LogP contribution in [-0.4, -0.2) is 37.9 Å². The second kappa shape index (κ2) is 10.7. The van der Waals surface area contributed by atoms with Gasteiger partial charge in [-0.15, -0.1) is 0 Å². The van der Waals surface area contributed by atoms with Gasteiger partial charge < -0.3 is 24.8 Å². The van der Waals surface area contributed by atoms with Crippen LogP contribution in [0.1, 0.15) is 33.1 Å². The molecular weight excluding hydrogens is 368 g/mol. The molecule has 0 saturated carbocycles. The number of ether oxygens (including phenoxy) is 3. The summed E-state index contributed by atoms with van der Waals surface area (Å²) in [6.45, 7) is 5.63. The van der Waals surface area contributed by atoms with Gasteiger partial charge in [0.15, 0.2) is 0 Å². The molecule has 1 aliphatic heterocycles. The fourth-order valence-electron chi connectivity index (χ4n) is 3.01. The van der Waals surface area contributed by atoms with Crippen LogP contribution in [0.3, 0.4) is 0 Å². The van der Waals surface area contributed by atoms with Crippen LogP contribution in [0.15, 0.2) is 48.5 Å². The number of carbonyl (C=O) groups is 1. The monoisotopic (exact) mass is 398 g/mol. The molecule has 29 heavy (non-hydrogen) atoms. The van der Waals surface area contributed by atoms with E-state index in [4.69, 9.17) is 14.2 Å². The number of rotatable bonds is 10. The van der Waals surface area contributed by atoms with Crippen LogP contribution in [0, 0.1) is 0 Å². The Hall–Kier alpha value is -2.73. The zero-order chi connectivity index (χ0) is 20.5. The van der Waals surface area contributed by atoms with Crippen molar-refractivity contribution in [2.75, 3.05) is 30.4 Å². The first kappa shape index (κ1) is 21.0. The van der Waals surface area contributed by atoms with Crippen molar-refractivity contribution in [1.29, 1.82) is 0 Å². The second-order valence-electron chi connectivity index (χ2n) is 7.24. The summed E-state index contributed by atoms with van der Waals surface area (Å²) < 4.78 is 17.2. The van der Waals surface area contributed by atoms with E-state index >= 15 is 0 Å². The van der Waals surface area contributed by atoms with Gasteiger partial charge in [0, 0.05) is 30.1 Å². The molecule has 2 atom stereocenters. The molecule has 6 heteroatoms. The van der Waals surface area contributed by atoms with Crippen LogP contribution in [0.25, 0.3) is 0 Å². The number of amides is 1. The molecule has 1 saturated heterocycles. The number of carbonyl (C=O) groups excluding carboxylic acids is 1. The molecular formula is C23H30N2O4. The largest absolute Gasteiger partial charge is 0.491 e. The summed E-state index contributed by atoms with van der Waals surface area (Å²) in [6, 6.07) is 15.1. The summed E-state index contributed by atoms with van der Waals surface area (Å²) in [5.74, 6) is 1.39. The van der Waals surface area contributed by atoms with Gasteiger partial charge in [-0.1, -0.05) is 19.1 Å². The quantitative estimate of drug-likeness (QED) is 0.618. The van der Waals surface area contributed by atoms with Gasteiger partial charge in [0.1, 0.15) is 18.1 Å². The van der Waals surface area contributed by atoms with E-state index in [1.54, 1.807) is 0 Å². The lowest BCUT2D eigenvalue weighted by Crippen LogP contribution is -2.22. The van der Waals surface area contributed by atoms with Gasteiger partial charge in [-0.3, -0.25) is 4.79 Å². The number of hydrogen-bond acceptors (Lipinski definition) is 5. The van der Waals surface area contributed by atoms with Crippen molar-refractivity contribution in [3.8, 4) is 11.5 Å². The Kier molecular flexibility index (Phi) is 7.76. The van der Waals surface area contributed by atoms with Crippen molar-refractivity contribution in [3.05, 3.63) is 48.5 Å². The third-order valence-corrected chi connectivity index (χ3v) is 4.78. The number of nitrogens with one attached hydrogen (secondary N) is 2. The first-order valence-corrected chi connectivity index (χ1v) is 10.3. The van der Waals surface area contributed by atoms with E-state index in [2.05, 4.69) is 17.6 Å². The predicted molar refractivity (Wildman–Crippen MR) is 115 cm³/mol. The summed E-state index contributed by atoms with van der Waals surface area (Å²) in [5, 5.41) is 6.03. The van der Waals surface area contributed by atoms with Gasteiger partial charge in [-0.05, 0) is 50.5 Å². The minimum absolute atomic E-state index is 0.128. The predicted octanol–water partition coefficient (Wildman–Crippen LogP) is 4.47. The maximum Gasteiger partial charge on any atom is 0.243 e. The number of hydrogen-bond donors (Lipinski definition) is 2. The average molecular weight is 399 g/mol. The molecule has 0 bridgehead atoms. The first-order chi connectivity index (χ1) is 14.1. The molecule has 2 aromatic carbocycles. The van der Waals surface area contributed by atoms with E-state index in [9.17, 15) is 4.79 Å². The van der Waals surface area contributed by atoms with E-state index in [1.807, 2.05) is 55.5 Å². The van der Waals surface area contributed by atoms with Crippen molar-refractivity contribution in [1.82, 2.24) is 0 Å². The van der Waals surface area contributed by atoms with E-state index in [0.717, 1.165) is 43.1 Å². The van der Waals surface area contributed by atoms with Crippen LogP contribution in [0.4, 0.5) is 11.4 Å². The maximum absolute atomic E-state index is 12.3. The van der Waals surface area contributed by atoms with E-state index < -0.39 is 0 Å².